The van der Waals surface area contributed by atoms with Gasteiger partial charge in [-0.3, -0.25) is 9.59 Å². The molecular formula is C18H21N3O2S. The Bertz CT molecular complexity index is 707. The number of nitrogens with two attached hydrogens (primary N) is 1. The van der Waals surface area contributed by atoms with Gasteiger partial charge in [0, 0.05) is 38.3 Å². The third kappa shape index (κ3) is 3.76. The lowest BCUT2D eigenvalue weighted by Gasteiger charge is -2.34. The maximum absolute atomic E-state index is 12.4. The third-order valence-electron chi connectivity index (χ3n) is 4.31. The Morgan fingerprint density at radius 1 is 1.00 bits per heavy atom. The van der Waals surface area contributed by atoms with E-state index in [4.69, 9.17) is 5.73 Å². The van der Waals surface area contributed by atoms with Crippen molar-refractivity contribution in [2.24, 2.45) is 0 Å². The quantitative estimate of drug-likeness (QED) is 0.866. The highest BCUT2D eigenvalue weighted by molar-refractivity contribution is 7.12. The van der Waals surface area contributed by atoms with Crippen LogP contribution in [0, 0.1) is 0 Å². The lowest BCUT2D eigenvalue weighted by molar-refractivity contribution is -0.132. The summed E-state index contributed by atoms with van der Waals surface area (Å²) in [4.78, 5) is 29.1. The van der Waals surface area contributed by atoms with Gasteiger partial charge in [0.1, 0.15) is 0 Å². The van der Waals surface area contributed by atoms with Crippen LogP contribution in [0.4, 0.5) is 5.69 Å². The summed E-state index contributed by atoms with van der Waals surface area (Å²) in [7, 11) is 0. The average Bonchev–Trinajstić information content (AvgIpc) is 3.15. The Hall–Kier alpha value is -2.34. The molecule has 0 radical (unpaired) electrons. The van der Waals surface area contributed by atoms with E-state index in [2.05, 4.69) is 0 Å². The monoisotopic (exact) mass is 343 g/mol. The molecule has 1 fully saturated rings. The van der Waals surface area contributed by atoms with Gasteiger partial charge in [0.2, 0.25) is 5.91 Å². The zero-order valence-electron chi connectivity index (χ0n) is 13.5. The molecular weight excluding hydrogens is 322 g/mol. The van der Waals surface area contributed by atoms with Crippen molar-refractivity contribution in [1.29, 1.82) is 0 Å². The molecule has 1 aromatic heterocycles. The molecule has 1 aliphatic heterocycles. The zero-order valence-corrected chi connectivity index (χ0v) is 14.3. The number of rotatable bonds is 4. The molecule has 0 aliphatic carbocycles. The summed E-state index contributed by atoms with van der Waals surface area (Å²) in [5, 5.41) is 1.91. The number of nitrogens with zero attached hydrogens (tertiary/aromatic N) is 2. The van der Waals surface area contributed by atoms with Crippen LogP contribution in [0.2, 0.25) is 0 Å². The molecule has 126 valence electrons. The molecule has 3 rings (SSSR count). The SMILES string of the molecule is Nc1ccccc1CCC(=O)N1CCN(C(=O)c2cccs2)CC1. The summed E-state index contributed by atoms with van der Waals surface area (Å²) < 4.78 is 0. The Morgan fingerprint density at radius 3 is 2.38 bits per heavy atom. The molecule has 0 saturated carbocycles. The lowest BCUT2D eigenvalue weighted by Crippen LogP contribution is -2.50. The largest absolute Gasteiger partial charge is 0.399 e. The first kappa shape index (κ1) is 16.5. The molecule has 0 spiro atoms. The Balaban J connectivity index is 1.48. The highest BCUT2D eigenvalue weighted by Gasteiger charge is 2.25. The van der Waals surface area contributed by atoms with Crippen LogP contribution in [0.25, 0.3) is 0 Å². The zero-order chi connectivity index (χ0) is 16.9. The van der Waals surface area contributed by atoms with Gasteiger partial charge >= 0.3 is 0 Å². The fourth-order valence-electron chi connectivity index (χ4n) is 2.88. The van der Waals surface area contributed by atoms with E-state index in [1.807, 2.05) is 51.6 Å². The molecule has 1 aromatic carbocycles. The number of amides is 2. The van der Waals surface area contributed by atoms with Crippen LogP contribution in [0.1, 0.15) is 21.7 Å². The molecule has 0 atom stereocenters. The van der Waals surface area contributed by atoms with Gasteiger partial charge in [-0.05, 0) is 29.5 Å². The number of nitrogen functional groups attached to an aromatic ring is 1. The van der Waals surface area contributed by atoms with Crippen LogP contribution in [0.5, 0.6) is 0 Å². The predicted octanol–water partition coefficient (Wildman–Crippen LogP) is 2.25. The fourth-order valence-corrected chi connectivity index (χ4v) is 3.57. The third-order valence-corrected chi connectivity index (χ3v) is 5.17. The van der Waals surface area contributed by atoms with E-state index in [0.29, 0.717) is 39.0 Å². The van der Waals surface area contributed by atoms with Crippen molar-refractivity contribution in [3.8, 4) is 0 Å². The smallest absolute Gasteiger partial charge is 0.264 e. The van der Waals surface area contributed by atoms with Crippen molar-refractivity contribution in [2.75, 3.05) is 31.9 Å². The van der Waals surface area contributed by atoms with Crippen LogP contribution >= 0.6 is 11.3 Å². The average molecular weight is 343 g/mol. The van der Waals surface area contributed by atoms with Gasteiger partial charge in [-0.2, -0.15) is 0 Å². The minimum atomic E-state index is 0.0640. The number of aryl methyl sites for hydroxylation is 1. The highest BCUT2D eigenvalue weighted by atomic mass is 32.1. The number of benzene rings is 1. The molecule has 2 amide bonds. The molecule has 2 heterocycles. The van der Waals surface area contributed by atoms with Crippen molar-refractivity contribution in [3.05, 3.63) is 52.2 Å². The second kappa shape index (κ2) is 7.49. The fraction of sp³-hybridized carbons (Fsp3) is 0.333. The Kier molecular flexibility index (Phi) is 5.15. The Labute approximate surface area is 145 Å². The van der Waals surface area contributed by atoms with E-state index in [0.717, 1.165) is 16.1 Å². The summed E-state index contributed by atoms with van der Waals surface area (Å²) >= 11 is 1.46. The van der Waals surface area contributed by atoms with E-state index in [-0.39, 0.29) is 11.8 Å². The van der Waals surface area contributed by atoms with Gasteiger partial charge in [-0.25, -0.2) is 0 Å². The van der Waals surface area contributed by atoms with Crippen molar-refractivity contribution in [3.63, 3.8) is 0 Å². The standard InChI is InChI=1S/C18H21N3O2S/c19-15-5-2-1-4-14(15)7-8-17(22)20-9-11-21(12-10-20)18(23)16-6-3-13-24-16/h1-6,13H,7-12,19H2. The predicted molar refractivity (Wildman–Crippen MR) is 96.0 cm³/mol. The van der Waals surface area contributed by atoms with E-state index in [1.165, 1.54) is 11.3 Å². The summed E-state index contributed by atoms with van der Waals surface area (Å²) in [5.74, 6) is 0.190. The summed E-state index contributed by atoms with van der Waals surface area (Å²) in [5.41, 5.74) is 7.66. The number of para-hydroxylation sites is 1. The molecule has 0 bridgehead atoms. The molecule has 0 unspecified atom stereocenters. The van der Waals surface area contributed by atoms with E-state index < -0.39 is 0 Å². The van der Waals surface area contributed by atoms with Gasteiger partial charge in [-0.15, -0.1) is 11.3 Å². The van der Waals surface area contributed by atoms with Crippen LogP contribution in [-0.4, -0.2) is 47.8 Å². The second-order valence-corrected chi connectivity index (χ2v) is 6.80. The lowest BCUT2D eigenvalue weighted by atomic mass is 10.1. The minimum Gasteiger partial charge on any atom is -0.399 e. The number of hydrogen-bond donors (Lipinski definition) is 1. The molecule has 1 saturated heterocycles. The number of hydrogen-bond acceptors (Lipinski definition) is 4. The van der Waals surface area contributed by atoms with Crippen LogP contribution in [-0.2, 0) is 11.2 Å². The number of carbonyl (C=O) groups is 2. The number of anilines is 1. The van der Waals surface area contributed by atoms with Gasteiger partial charge in [0.15, 0.2) is 0 Å². The summed E-state index contributed by atoms with van der Waals surface area (Å²) in [6.07, 6.45) is 1.10. The van der Waals surface area contributed by atoms with E-state index >= 15 is 0 Å². The topological polar surface area (TPSA) is 66.6 Å². The second-order valence-electron chi connectivity index (χ2n) is 5.85. The van der Waals surface area contributed by atoms with Gasteiger partial charge in [-0.1, -0.05) is 24.3 Å². The van der Waals surface area contributed by atoms with Crippen molar-refractivity contribution < 1.29 is 9.59 Å². The number of thiophene rings is 1. The molecule has 6 heteroatoms. The minimum absolute atomic E-state index is 0.0640. The van der Waals surface area contributed by atoms with Gasteiger partial charge < -0.3 is 15.5 Å². The Morgan fingerprint density at radius 2 is 1.71 bits per heavy atom. The number of piperazine rings is 1. The van der Waals surface area contributed by atoms with Crippen molar-refractivity contribution >= 4 is 28.8 Å². The van der Waals surface area contributed by atoms with Gasteiger partial charge in [0.05, 0.1) is 4.88 Å². The molecule has 2 aromatic rings. The first-order valence-electron chi connectivity index (χ1n) is 8.09. The first-order valence-corrected chi connectivity index (χ1v) is 8.97. The number of carbonyl (C=O) groups excluding carboxylic acids is 2. The van der Waals surface area contributed by atoms with Crippen LogP contribution in [0.3, 0.4) is 0 Å². The summed E-state index contributed by atoms with van der Waals surface area (Å²) in [6, 6.07) is 11.4. The van der Waals surface area contributed by atoms with E-state index in [1.54, 1.807) is 0 Å². The van der Waals surface area contributed by atoms with Gasteiger partial charge in [0.25, 0.3) is 5.91 Å². The maximum atomic E-state index is 12.4. The summed E-state index contributed by atoms with van der Waals surface area (Å²) in [6.45, 7) is 2.38. The normalized spacial score (nSPS) is 14.7. The van der Waals surface area contributed by atoms with Crippen LogP contribution < -0.4 is 5.73 Å². The maximum Gasteiger partial charge on any atom is 0.264 e. The highest BCUT2D eigenvalue weighted by Crippen LogP contribution is 2.16. The molecule has 2 N–H and O–H groups in total. The molecule has 1 aliphatic rings. The molecule has 5 nitrogen and oxygen atoms in total. The van der Waals surface area contributed by atoms with Crippen molar-refractivity contribution in [1.82, 2.24) is 9.80 Å². The van der Waals surface area contributed by atoms with E-state index in [9.17, 15) is 9.59 Å². The molecule has 24 heavy (non-hydrogen) atoms. The first-order chi connectivity index (χ1) is 11.6. The van der Waals surface area contributed by atoms with Crippen LogP contribution in [0.15, 0.2) is 41.8 Å². The van der Waals surface area contributed by atoms with Crippen molar-refractivity contribution in [2.45, 2.75) is 12.8 Å².